The zero-order chi connectivity index (χ0) is 12.4. The average molecular weight is 300 g/mol. The van der Waals surface area contributed by atoms with Crippen molar-refractivity contribution in [2.24, 2.45) is 0 Å². The van der Waals surface area contributed by atoms with Crippen LogP contribution in [0.1, 0.15) is 24.3 Å². The van der Waals surface area contributed by atoms with E-state index in [-0.39, 0.29) is 5.91 Å². The molecule has 94 valence electrons. The third-order valence-electron chi connectivity index (χ3n) is 3.21. The fourth-order valence-electron chi connectivity index (χ4n) is 2.10. The minimum atomic E-state index is 0.0964. The van der Waals surface area contributed by atoms with Crippen LogP contribution in [0, 0.1) is 0 Å². The number of rotatable bonds is 2. The first-order chi connectivity index (χ1) is 8.08. The molecule has 1 N–H and O–H groups in total. The van der Waals surface area contributed by atoms with E-state index >= 15 is 0 Å². The van der Waals surface area contributed by atoms with Crippen molar-refractivity contribution < 1.29 is 4.79 Å². The zero-order valence-electron chi connectivity index (χ0n) is 10.2. The van der Waals surface area contributed by atoms with Gasteiger partial charge in [0.25, 0.3) is 5.91 Å². The van der Waals surface area contributed by atoms with Crippen LogP contribution in [0.15, 0.2) is 16.7 Å². The van der Waals surface area contributed by atoms with Crippen molar-refractivity contribution in [3.8, 4) is 0 Å². The lowest BCUT2D eigenvalue weighted by Gasteiger charge is -2.36. The predicted octanol–water partition coefficient (Wildman–Crippen LogP) is 1.94. The van der Waals surface area contributed by atoms with Gasteiger partial charge < -0.3 is 9.88 Å². The number of hydrogen-bond donors (Lipinski definition) is 1. The maximum Gasteiger partial charge on any atom is 0.270 e. The van der Waals surface area contributed by atoms with E-state index in [9.17, 15) is 4.79 Å². The fraction of sp³-hybridized carbons (Fsp3) is 0.583. The molecule has 1 aromatic heterocycles. The van der Waals surface area contributed by atoms with E-state index in [1.165, 1.54) is 0 Å². The highest BCUT2D eigenvalue weighted by Gasteiger charge is 2.23. The van der Waals surface area contributed by atoms with Gasteiger partial charge in [-0.15, -0.1) is 0 Å². The highest BCUT2D eigenvalue weighted by atomic mass is 79.9. The van der Waals surface area contributed by atoms with Gasteiger partial charge in [0, 0.05) is 42.9 Å². The number of piperazine rings is 1. The molecule has 1 aliphatic rings. The SMILES string of the molecule is CC(C)N1CCN(C(=O)c2cc(Br)c[nH]2)CC1. The lowest BCUT2D eigenvalue weighted by atomic mass is 10.2. The van der Waals surface area contributed by atoms with Crippen molar-refractivity contribution in [1.82, 2.24) is 14.8 Å². The van der Waals surface area contributed by atoms with E-state index in [0.717, 1.165) is 30.7 Å². The standard InChI is InChI=1S/C12H18BrN3O/c1-9(2)15-3-5-16(6-4-15)12(17)11-7-10(13)8-14-11/h7-9,14H,3-6H2,1-2H3. The highest BCUT2D eigenvalue weighted by molar-refractivity contribution is 9.10. The Morgan fingerprint density at radius 2 is 2.00 bits per heavy atom. The van der Waals surface area contributed by atoms with Gasteiger partial charge in [0.05, 0.1) is 0 Å². The third-order valence-corrected chi connectivity index (χ3v) is 3.67. The number of amides is 1. The van der Waals surface area contributed by atoms with Gasteiger partial charge >= 0.3 is 0 Å². The monoisotopic (exact) mass is 299 g/mol. The summed E-state index contributed by atoms with van der Waals surface area (Å²) in [6, 6.07) is 2.39. The minimum absolute atomic E-state index is 0.0964. The lowest BCUT2D eigenvalue weighted by Crippen LogP contribution is -2.50. The number of nitrogens with one attached hydrogen (secondary N) is 1. The normalized spacial score (nSPS) is 17.8. The van der Waals surface area contributed by atoms with E-state index in [1.54, 1.807) is 6.20 Å². The van der Waals surface area contributed by atoms with Crippen LogP contribution >= 0.6 is 15.9 Å². The lowest BCUT2D eigenvalue weighted by molar-refractivity contribution is 0.0590. The third kappa shape index (κ3) is 2.90. The molecule has 0 atom stereocenters. The first-order valence-electron chi connectivity index (χ1n) is 5.95. The molecule has 0 aromatic carbocycles. The summed E-state index contributed by atoms with van der Waals surface area (Å²) in [6.07, 6.45) is 1.79. The molecule has 1 amide bonds. The Bertz CT molecular complexity index is 394. The van der Waals surface area contributed by atoms with Crippen molar-refractivity contribution in [3.63, 3.8) is 0 Å². The summed E-state index contributed by atoms with van der Waals surface area (Å²) in [5, 5.41) is 0. The summed E-state index contributed by atoms with van der Waals surface area (Å²) >= 11 is 3.34. The Kier molecular flexibility index (Phi) is 3.89. The van der Waals surface area contributed by atoms with Crippen molar-refractivity contribution >= 4 is 21.8 Å². The molecule has 4 nitrogen and oxygen atoms in total. The number of carbonyl (C=O) groups is 1. The van der Waals surface area contributed by atoms with Gasteiger partial charge in [0.1, 0.15) is 5.69 Å². The Hall–Kier alpha value is -0.810. The van der Waals surface area contributed by atoms with Gasteiger partial charge in [-0.3, -0.25) is 9.69 Å². The molecule has 2 rings (SSSR count). The quantitative estimate of drug-likeness (QED) is 0.906. The molecule has 1 saturated heterocycles. The molecule has 0 spiro atoms. The van der Waals surface area contributed by atoms with E-state index < -0.39 is 0 Å². The predicted molar refractivity (Wildman–Crippen MR) is 71.1 cm³/mol. The number of aromatic amines is 1. The van der Waals surface area contributed by atoms with Crippen molar-refractivity contribution in [3.05, 3.63) is 22.4 Å². The van der Waals surface area contributed by atoms with Crippen LogP contribution in [0.25, 0.3) is 0 Å². The van der Waals surface area contributed by atoms with E-state index in [2.05, 4.69) is 39.7 Å². The van der Waals surface area contributed by atoms with Crippen LogP contribution in [0.2, 0.25) is 0 Å². The fourth-order valence-corrected chi connectivity index (χ4v) is 2.45. The summed E-state index contributed by atoms with van der Waals surface area (Å²) in [5.41, 5.74) is 0.662. The maximum absolute atomic E-state index is 12.1. The molecule has 0 unspecified atom stereocenters. The molecule has 0 aliphatic carbocycles. The van der Waals surface area contributed by atoms with Gasteiger partial charge in [-0.25, -0.2) is 0 Å². The highest BCUT2D eigenvalue weighted by Crippen LogP contribution is 2.14. The first-order valence-corrected chi connectivity index (χ1v) is 6.74. The number of carbonyl (C=O) groups excluding carboxylic acids is 1. The second-order valence-electron chi connectivity index (χ2n) is 4.65. The van der Waals surface area contributed by atoms with Gasteiger partial charge in [-0.05, 0) is 35.8 Å². The topological polar surface area (TPSA) is 39.3 Å². The second-order valence-corrected chi connectivity index (χ2v) is 5.57. The van der Waals surface area contributed by atoms with Gasteiger partial charge in [0.15, 0.2) is 0 Å². The first kappa shape index (κ1) is 12.6. The number of hydrogen-bond acceptors (Lipinski definition) is 2. The summed E-state index contributed by atoms with van der Waals surface area (Å²) in [4.78, 5) is 19.4. The van der Waals surface area contributed by atoms with Crippen molar-refractivity contribution in [2.75, 3.05) is 26.2 Å². The summed E-state index contributed by atoms with van der Waals surface area (Å²) in [5.74, 6) is 0.0964. The van der Waals surface area contributed by atoms with E-state index in [0.29, 0.717) is 11.7 Å². The number of halogens is 1. The van der Waals surface area contributed by atoms with E-state index in [4.69, 9.17) is 0 Å². The number of nitrogens with zero attached hydrogens (tertiary/aromatic N) is 2. The average Bonchev–Trinajstić information content (AvgIpc) is 2.75. The Labute approximate surface area is 110 Å². The Morgan fingerprint density at radius 1 is 1.35 bits per heavy atom. The molecule has 1 aromatic rings. The van der Waals surface area contributed by atoms with Gasteiger partial charge in [-0.2, -0.15) is 0 Å². The van der Waals surface area contributed by atoms with Crippen LogP contribution in [0.4, 0.5) is 0 Å². The molecule has 2 heterocycles. The summed E-state index contributed by atoms with van der Waals surface area (Å²) in [7, 11) is 0. The van der Waals surface area contributed by atoms with Crippen molar-refractivity contribution in [1.29, 1.82) is 0 Å². The van der Waals surface area contributed by atoms with Crippen LogP contribution < -0.4 is 0 Å². The maximum atomic E-state index is 12.1. The molecular formula is C12H18BrN3O. The van der Waals surface area contributed by atoms with Crippen LogP contribution in [0.5, 0.6) is 0 Å². The molecule has 0 radical (unpaired) electrons. The van der Waals surface area contributed by atoms with Crippen LogP contribution in [-0.4, -0.2) is 52.9 Å². The van der Waals surface area contributed by atoms with Gasteiger partial charge in [0.2, 0.25) is 0 Å². The molecule has 0 saturated carbocycles. The molecule has 17 heavy (non-hydrogen) atoms. The molecular weight excluding hydrogens is 282 g/mol. The van der Waals surface area contributed by atoms with Gasteiger partial charge in [-0.1, -0.05) is 0 Å². The molecule has 5 heteroatoms. The Balaban J connectivity index is 1.95. The molecule has 0 bridgehead atoms. The summed E-state index contributed by atoms with van der Waals surface area (Å²) < 4.78 is 0.918. The summed E-state index contributed by atoms with van der Waals surface area (Å²) in [6.45, 7) is 7.94. The molecule has 1 fully saturated rings. The molecule has 1 aliphatic heterocycles. The smallest absolute Gasteiger partial charge is 0.270 e. The largest absolute Gasteiger partial charge is 0.356 e. The Morgan fingerprint density at radius 3 is 2.47 bits per heavy atom. The second kappa shape index (κ2) is 5.23. The minimum Gasteiger partial charge on any atom is -0.356 e. The number of aromatic nitrogens is 1. The van der Waals surface area contributed by atoms with Crippen molar-refractivity contribution in [2.45, 2.75) is 19.9 Å². The van der Waals surface area contributed by atoms with E-state index in [1.807, 2.05) is 11.0 Å². The zero-order valence-corrected chi connectivity index (χ0v) is 11.8. The van der Waals surface area contributed by atoms with Crippen LogP contribution in [-0.2, 0) is 0 Å². The number of H-pyrrole nitrogens is 1. The van der Waals surface area contributed by atoms with Crippen LogP contribution in [0.3, 0.4) is 0 Å².